The van der Waals surface area contributed by atoms with Crippen LogP contribution < -0.4 is 5.32 Å². The van der Waals surface area contributed by atoms with Gasteiger partial charge in [0.25, 0.3) is 0 Å². The molecule has 1 saturated heterocycles. The molecule has 1 N–H and O–H groups in total. The van der Waals surface area contributed by atoms with Crippen LogP contribution in [0.3, 0.4) is 0 Å². The summed E-state index contributed by atoms with van der Waals surface area (Å²) >= 11 is 4.73. The maximum Gasteiger partial charge on any atom is 0.234 e. The highest BCUT2D eigenvalue weighted by atomic mass is 79.9. The van der Waals surface area contributed by atoms with E-state index in [0.29, 0.717) is 24.8 Å². The van der Waals surface area contributed by atoms with Crippen LogP contribution in [0.1, 0.15) is 30.1 Å². The lowest BCUT2D eigenvalue weighted by molar-refractivity contribution is -0.113. The Labute approximate surface area is 218 Å². The van der Waals surface area contributed by atoms with E-state index in [9.17, 15) is 13.2 Å². The van der Waals surface area contributed by atoms with Gasteiger partial charge in [-0.2, -0.15) is 0 Å². The van der Waals surface area contributed by atoms with Crippen molar-refractivity contribution in [3.63, 3.8) is 0 Å². The monoisotopic (exact) mass is 577 g/mol. The average Bonchev–Trinajstić information content (AvgIpc) is 3.26. The first-order valence-corrected chi connectivity index (χ1v) is 15.0. The molecule has 0 unspecified atom stereocenters. The molecule has 3 aromatic rings. The van der Waals surface area contributed by atoms with Crippen molar-refractivity contribution in [1.29, 1.82) is 0 Å². The van der Waals surface area contributed by atoms with E-state index >= 15 is 0 Å². The van der Waals surface area contributed by atoms with E-state index in [1.807, 2.05) is 42.5 Å². The molecule has 1 aromatic heterocycles. The molecule has 0 aliphatic carbocycles. The van der Waals surface area contributed by atoms with Crippen molar-refractivity contribution >= 4 is 49.3 Å². The number of aromatic nitrogens is 3. The van der Waals surface area contributed by atoms with Crippen LogP contribution in [0.2, 0.25) is 0 Å². The molecule has 11 heteroatoms. The minimum absolute atomic E-state index is 0.0345. The van der Waals surface area contributed by atoms with Crippen molar-refractivity contribution in [2.24, 2.45) is 0 Å². The van der Waals surface area contributed by atoms with Gasteiger partial charge in [-0.15, -0.1) is 10.2 Å². The lowest BCUT2D eigenvalue weighted by atomic mass is 9.98. The van der Waals surface area contributed by atoms with E-state index in [0.717, 1.165) is 35.2 Å². The quantitative estimate of drug-likeness (QED) is 0.384. The van der Waals surface area contributed by atoms with Crippen LogP contribution in [0.25, 0.3) is 0 Å². The Morgan fingerprint density at radius 2 is 1.89 bits per heavy atom. The Balaban J connectivity index is 1.50. The summed E-state index contributed by atoms with van der Waals surface area (Å²) in [6.07, 6.45) is 3.67. The van der Waals surface area contributed by atoms with Crippen molar-refractivity contribution in [3.05, 3.63) is 70.5 Å². The molecule has 186 valence electrons. The van der Waals surface area contributed by atoms with Crippen LogP contribution >= 0.6 is 27.7 Å². The molecular formula is C24H28BrN5O3S2. The summed E-state index contributed by atoms with van der Waals surface area (Å²) in [5, 5.41) is 12.4. The third kappa shape index (κ3) is 7.16. The fraction of sp³-hybridized carbons (Fsp3) is 0.375. The second-order valence-corrected chi connectivity index (χ2v) is 12.4. The van der Waals surface area contributed by atoms with E-state index in [4.69, 9.17) is 0 Å². The smallest absolute Gasteiger partial charge is 0.234 e. The number of piperidine rings is 1. The Kier molecular flexibility index (Phi) is 8.64. The van der Waals surface area contributed by atoms with Gasteiger partial charge in [0, 0.05) is 35.7 Å². The number of rotatable bonds is 9. The number of thioether (sulfide) groups is 1. The van der Waals surface area contributed by atoms with Crippen molar-refractivity contribution in [3.8, 4) is 0 Å². The SMILES string of the molecule is CS(=O)(=O)N1CCC[C@@H](c2nnc(SCC(=O)Nc3ccc(Br)cc3)n2CCc2ccccc2)C1. The number of hydrogen-bond donors (Lipinski definition) is 1. The largest absolute Gasteiger partial charge is 0.325 e. The third-order valence-electron chi connectivity index (χ3n) is 5.89. The van der Waals surface area contributed by atoms with Crippen LogP contribution in [-0.2, 0) is 27.8 Å². The summed E-state index contributed by atoms with van der Waals surface area (Å²) in [6, 6.07) is 17.6. The summed E-state index contributed by atoms with van der Waals surface area (Å²) in [7, 11) is -3.27. The van der Waals surface area contributed by atoms with E-state index in [-0.39, 0.29) is 17.6 Å². The van der Waals surface area contributed by atoms with Crippen molar-refractivity contribution < 1.29 is 13.2 Å². The molecule has 0 radical (unpaired) electrons. The van der Waals surface area contributed by atoms with Gasteiger partial charge < -0.3 is 9.88 Å². The number of aryl methyl sites for hydroxylation is 1. The van der Waals surface area contributed by atoms with Crippen LogP contribution in [0.4, 0.5) is 5.69 Å². The Hall–Kier alpha value is -2.21. The fourth-order valence-electron chi connectivity index (χ4n) is 4.12. The van der Waals surface area contributed by atoms with E-state index in [2.05, 4.69) is 48.1 Å². The van der Waals surface area contributed by atoms with Crippen LogP contribution in [0.15, 0.2) is 64.2 Å². The fourth-order valence-corrected chi connectivity index (χ4v) is 6.07. The summed E-state index contributed by atoms with van der Waals surface area (Å²) in [4.78, 5) is 12.5. The van der Waals surface area contributed by atoms with Gasteiger partial charge in [-0.3, -0.25) is 4.79 Å². The highest BCUT2D eigenvalue weighted by Gasteiger charge is 2.30. The standard InChI is InChI=1S/C24H28BrN5O3S2/c1-35(32,33)29-14-5-8-19(16-29)23-27-28-24(30(23)15-13-18-6-3-2-4-7-18)34-17-22(31)26-21-11-9-20(25)10-12-21/h2-4,6-7,9-12,19H,5,8,13-17H2,1H3,(H,26,31)/t19-/m1/s1. The third-order valence-corrected chi connectivity index (χ3v) is 8.66. The first-order valence-electron chi connectivity index (χ1n) is 11.4. The normalized spacial score (nSPS) is 16.8. The first kappa shape index (κ1) is 25.9. The van der Waals surface area contributed by atoms with Gasteiger partial charge in [0.05, 0.1) is 12.0 Å². The highest BCUT2D eigenvalue weighted by molar-refractivity contribution is 9.10. The van der Waals surface area contributed by atoms with Gasteiger partial charge in [0.1, 0.15) is 5.82 Å². The second kappa shape index (κ2) is 11.7. The zero-order chi connectivity index (χ0) is 24.8. The number of sulfonamides is 1. The minimum Gasteiger partial charge on any atom is -0.325 e. The molecule has 1 aliphatic heterocycles. The van der Waals surface area contributed by atoms with E-state index in [1.54, 1.807) is 0 Å². The minimum atomic E-state index is -3.27. The molecule has 0 bridgehead atoms. The Morgan fingerprint density at radius 3 is 2.60 bits per heavy atom. The maximum atomic E-state index is 12.5. The lowest BCUT2D eigenvalue weighted by Crippen LogP contribution is -2.39. The number of nitrogens with zero attached hydrogens (tertiary/aromatic N) is 4. The molecule has 0 saturated carbocycles. The van der Waals surface area contributed by atoms with Gasteiger partial charge in [-0.05, 0) is 49.1 Å². The van der Waals surface area contributed by atoms with Gasteiger partial charge in [0.15, 0.2) is 5.16 Å². The predicted octanol–water partition coefficient (Wildman–Crippen LogP) is 4.15. The zero-order valence-electron chi connectivity index (χ0n) is 19.4. The van der Waals surface area contributed by atoms with Crippen molar-refractivity contribution in [2.75, 3.05) is 30.4 Å². The number of anilines is 1. The summed E-state index contributed by atoms with van der Waals surface area (Å²) in [6.45, 7) is 1.58. The number of halogens is 1. The van der Waals surface area contributed by atoms with Gasteiger partial charge >= 0.3 is 0 Å². The molecule has 0 spiro atoms. The van der Waals surface area contributed by atoms with Gasteiger partial charge in [-0.1, -0.05) is 58.0 Å². The predicted molar refractivity (Wildman–Crippen MR) is 142 cm³/mol. The van der Waals surface area contributed by atoms with Gasteiger partial charge in [-0.25, -0.2) is 12.7 Å². The summed E-state index contributed by atoms with van der Waals surface area (Å²) in [5.74, 6) is 0.815. The second-order valence-electron chi connectivity index (χ2n) is 8.53. The number of benzene rings is 2. The van der Waals surface area contributed by atoms with Crippen LogP contribution in [0, 0.1) is 0 Å². The number of nitrogens with one attached hydrogen (secondary N) is 1. The molecule has 4 rings (SSSR count). The first-order chi connectivity index (χ1) is 16.8. The molecule has 1 atom stereocenters. The van der Waals surface area contributed by atoms with Crippen LogP contribution in [-0.4, -0.2) is 58.5 Å². The molecule has 8 nitrogen and oxygen atoms in total. The number of amides is 1. The molecule has 2 heterocycles. The van der Waals surface area contributed by atoms with Crippen molar-refractivity contribution in [2.45, 2.75) is 36.9 Å². The number of hydrogen-bond acceptors (Lipinski definition) is 6. The molecule has 1 aliphatic rings. The highest BCUT2D eigenvalue weighted by Crippen LogP contribution is 2.30. The molecule has 1 fully saturated rings. The molecule has 35 heavy (non-hydrogen) atoms. The Bertz CT molecular complexity index is 1250. The topological polar surface area (TPSA) is 97.2 Å². The van der Waals surface area contributed by atoms with Gasteiger partial charge in [0.2, 0.25) is 15.9 Å². The lowest BCUT2D eigenvalue weighted by Gasteiger charge is -2.30. The summed E-state index contributed by atoms with van der Waals surface area (Å²) < 4.78 is 28.8. The molecule has 1 amide bonds. The van der Waals surface area contributed by atoms with E-state index in [1.165, 1.54) is 27.9 Å². The van der Waals surface area contributed by atoms with Crippen LogP contribution in [0.5, 0.6) is 0 Å². The number of carbonyl (C=O) groups is 1. The Morgan fingerprint density at radius 1 is 1.14 bits per heavy atom. The molecular weight excluding hydrogens is 550 g/mol. The molecule has 2 aromatic carbocycles. The van der Waals surface area contributed by atoms with E-state index < -0.39 is 10.0 Å². The average molecular weight is 579 g/mol. The maximum absolute atomic E-state index is 12.5. The number of carbonyl (C=O) groups excluding carboxylic acids is 1. The zero-order valence-corrected chi connectivity index (χ0v) is 22.7. The summed E-state index contributed by atoms with van der Waals surface area (Å²) in [5.41, 5.74) is 1.92. The van der Waals surface area contributed by atoms with Crippen molar-refractivity contribution in [1.82, 2.24) is 19.1 Å².